The van der Waals surface area contributed by atoms with Gasteiger partial charge in [0.2, 0.25) is 11.8 Å². The molecule has 0 heterocycles. The maximum atomic E-state index is 13.1. The first kappa shape index (κ1) is 25.9. The van der Waals surface area contributed by atoms with Crippen molar-refractivity contribution in [1.29, 1.82) is 5.26 Å². The molecule has 0 saturated heterocycles. The molecule has 0 saturated carbocycles. The van der Waals surface area contributed by atoms with Crippen LogP contribution in [0.1, 0.15) is 31.9 Å². The van der Waals surface area contributed by atoms with E-state index in [1.54, 1.807) is 12.1 Å². The number of alkyl halides is 3. The third-order valence-corrected chi connectivity index (χ3v) is 5.75. The highest BCUT2D eigenvalue weighted by atomic mass is 32.2. The summed E-state index contributed by atoms with van der Waals surface area (Å²) in [4.78, 5) is 37.3. The zero-order valence-corrected chi connectivity index (χ0v) is 18.7. The van der Waals surface area contributed by atoms with Crippen molar-refractivity contribution in [3.63, 3.8) is 0 Å². The van der Waals surface area contributed by atoms with Crippen LogP contribution in [0.25, 0.3) is 0 Å². The number of nitriles is 1. The summed E-state index contributed by atoms with van der Waals surface area (Å²) in [5.74, 6) is -1.95. The van der Waals surface area contributed by atoms with E-state index >= 15 is 0 Å². The molecule has 11 heteroatoms. The Bertz CT molecular complexity index is 1100. The van der Waals surface area contributed by atoms with Crippen LogP contribution in [-0.2, 0) is 20.6 Å². The molecule has 0 aliphatic rings. The third-order valence-electron chi connectivity index (χ3n) is 4.44. The van der Waals surface area contributed by atoms with Crippen LogP contribution in [0, 0.1) is 11.3 Å². The van der Waals surface area contributed by atoms with E-state index in [4.69, 9.17) is 5.26 Å². The van der Waals surface area contributed by atoms with Crippen molar-refractivity contribution in [3.8, 4) is 6.07 Å². The first-order chi connectivity index (χ1) is 15.3. The fourth-order valence-corrected chi connectivity index (χ4v) is 3.69. The number of nitrogens with zero attached hydrogens (tertiary/aromatic N) is 2. The predicted octanol–water partition coefficient (Wildman–Crippen LogP) is 3.96. The molecule has 1 atom stereocenters. The van der Waals surface area contributed by atoms with Gasteiger partial charge in [-0.3, -0.25) is 19.3 Å². The van der Waals surface area contributed by atoms with E-state index in [0.29, 0.717) is 16.6 Å². The highest BCUT2D eigenvalue weighted by Gasteiger charge is 2.35. The minimum Gasteiger partial charge on any atom is -0.379 e. The summed E-state index contributed by atoms with van der Waals surface area (Å²) in [5.41, 5.74) is -3.57. The van der Waals surface area contributed by atoms with Gasteiger partial charge in [0.25, 0.3) is 5.91 Å². The number of hydrogen-bond acceptors (Lipinski definition) is 6. The van der Waals surface area contributed by atoms with Crippen LogP contribution in [0.4, 0.5) is 24.5 Å². The summed E-state index contributed by atoms with van der Waals surface area (Å²) in [6, 6.07) is 10.4. The Morgan fingerprint density at radius 2 is 1.67 bits per heavy atom. The summed E-state index contributed by atoms with van der Waals surface area (Å²) in [5, 5.41) is 21.6. The number of halogens is 3. The van der Waals surface area contributed by atoms with Crippen molar-refractivity contribution in [3.05, 3.63) is 53.6 Å². The van der Waals surface area contributed by atoms with E-state index in [2.05, 4.69) is 5.32 Å². The highest BCUT2D eigenvalue weighted by Crippen LogP contribution is 2.34. The van der Waals surface area contributed by atoms with Crippen molar-refractivity contribution < 1.29 is 32.7 Å². The second-order valence-electron chi connectivity index (χ2n) is 7.25. The number of amides is 3. The summed E-state index contributed by atoms with van der Waals surface area (Å²) >= 11 is 1.09. The number of carbonyl (C=O) groups is 3. The molecule has 3 amide bonds. The van der Waals surface area contributed by atoms with Crippen LogP contribution < -0.4 is 10.2 Å². The van der Waals surface area contributed by atoms with Crippen LogP contribution in [-0.4, -0.2) is 34.2 Å². The van der Waals surface area contributed by atoms with E-state index in [1.165, 1.54) is 39.0 Å². The van der Waals surface area contributed by atoms with Gasteiger partial charge >= 0.3 is 6.18 Å². The molecule has 174 valence electrons. The number of carbonyl (C=O) groups excluding carboxylic acids is 3. The van der Waals surface area contributed by atoms with E-state index in [9.17, 15) is 32.7 Å². The molecule has 2 aromatic carbocycles. The van der Waals surface area contributed by atoms with E-state index in [0.717, 1.165) is 28.8 Å². The molecule has 0 unspecified atom stereocenters. The summed E-state index contributed by atoms with van der Waals surface area (Å²) in [7, 11) is 0. The second kappa shape index (κ2) is 10.1. The topological polar surface area (TPSA) is 110 Å². The molecule has 0 spiro atoms. The molecule has 0 fully saturated rings. The number of rotatable bonds is 6. The second-order valence-corrected chi connectivity index (χ2v) is 8.30. The molecule has 0 aliphatic carbocycles. The Morgan fingerprint density at radius 1 is 1.09 bits per heavy atom. The zero-order valence-electron chi connectivity index (χ0n) is 17.9. The van der Waals surface area contributed by atoms with Crippen molar-refractivity contribution in [1.82, 2.24) is 0 Å². The first-order valence-electron chi connectivity index (χ1n) is 9.45. The Morgan fingerprint density at radius 3 is 2.15 bits per heavy atom. The number of thioether (sulfide) groups is 1. The van der Waals surface area contributed by atoms with Gasteiger partial charge < -0.3 is 10.4 Å². The van der Waals surface area contributed by atoms with Gasteiger partial charge in [-0.2, -0.15) is 18.4 Å². The summed E-state index contributed by atoms with van der Waals surface area (Å²) < 4.78 is 39.3. The smallest absolute Gasteiger partial charge is 0.379 e. The molecule has 2 N–H and O–H groups in total. The van der Waals surface area contributed by atoms with Gasteiger partial charge in [-0.15, -0.1) is 11.8 Å². The predicted molar refractivity (Wildman–Crippen MR) is 116 cm³/mol. The highest BCUT2D eigenvalue weighted by molar-refractivity contribution is 7.99. The van der Waals surface area contributed by atoms with Gasteiger partial charge in [0.1, 0.15) is 5.60 Å². The number of imide groups is 1. The molecule has 33 heavy (non-hydrogen) atoms. The molecule has 0 bridgehead atoms. The Hall–Kier alpha value is -3.36. The van der Waals surface area contributed by atoms with Crippen LogP contribution in [0.15, 0.2) is 47.4 Å². The maximum absolute atomic E-state index is 13.1. The summed E-state index contributed by atoms with van der Waals surface area (Å²) in [6.07, 6.45) is -4.78. The van der Waals surface area contributed by atoms with Crippen molar-refractivity contribution in [2.24, 2.45) is 0 Å². The zero-order chi connectivity index (χ0) is 25.0. The van der Waals surface area contributed by atoms with Gasteiger partial charge in [-0.25, -0.2) is 0 Å². The van der Waals surface area contributed by atoms with E-state index < -0.39 is 40.6 Å². The van der Waals surface area contributed by atoms with Crippen LogP contribution in [0.2, 0.25) is 0 Å². The van der Waals surface area contributed by atoms with E-state index in [-0.39, 0.29) is 11.4 Å². The van der Waals surface area contributed by atoms with Gasteiger partial charge in [-0.1, -0.05) is 0 Å². The quantitative estimate of drug-likeness (QED) is 0.607. The van der Waals surface area contributed by atoms with Crippen molar-refractivity contribution >= 4 is 40.9 Å². The molecule has 0 radical (unpaired) electrons. The SMILES string of the molecule is CC(=O)N(C(C)=O)c1ccc(SC[C@](C)(O)C(=O)Nc2ccc(C#N)c(C(F)(F)F)c2)cc1. The number of aliphatic hydroxyl groups is 1. The lowest BCUT2D eigenvalue weighted by Gasteiger charge is -2.22. The number of nitrogens with one attached hydrogen (secondary N) is 1. The van der Waals surface area contributed by atoms with Crippen molar-refractivity contribution in [2.75, 3.05) is 16.0 Å². The molecular weight excluding hydrogens is 459 g/mol. The van der Waals surface area contributed by atoms with Gasteiger partial charge in [-0.05, 0) is 49.4 Å². The standard InChI is InChI=1S/C22H20F3N3O4S/c1-13(29)28(14(2)30)17-6-8-18(9-7-17)33-12-21(3,32)20(31)27-16-5-4-15(11-26)19(10-16)22(23,24)25/h4-10,32H,12H2,1-3H3,(H,27,31)/t21-/m0/s1. The lowest BCUT2D eigenvalue weighted by atomic mass is 10.1. The fourth-order valence-electron chi connectivity index (χ4n) is 2.79. The Kier molecular flexibility index (Phi) is 7.89. The molecule has 2 rings (SSSR count). The average Bonchev–Trinajstić information content (AvgIpc) is 2.72. The minimum atomic E-state index is -4.78. The number of benzene rings is 2. The molecule has 7 nitrogen and oxygen atoms in total. The van der Waals surface area contributed by atoms with Crippen molar-refractivity contribution in [2.45, 2.75) is 37.4 Å². The summed E-state index contributed by atoms with van der Waals surface area (Å²) in [6.45, 7) is 3.72. The van der Waals surface area contributed by atoms with Gasteiger partial charge in [0.05, 0.1) is 22.9 Å². The molecule has 0 aromatic heterocycles. The van der Waals surface area contributed by atoms with Crippen LogP contribution in [0.5, 0.6) is 0 Å². The Balaban J connectivity index is 2.09. The average molecular weight is 479 g/mol. The minimum absolute atomic E-state index is 0.135. The van der Waals surface area contributed by atoms with E-state index in [1.807, 2.05) is 0 Å². The largest absolute Gasteiger partial charge is 0.417 e. The number of hydrogen-bond donors (Lipinski definition) is 2. The van der Waals surface area contributed by atoms with Gasteiger partial charge in [0, 0.05) is 30.2 Å². The molecule has 2 aromatic rings. The molecule has 0 aliphatic heterocycles. The maximum Gasteiger partial charge on any atom is 0.417 e. The van der Waals surface area contributed by atoms with Crippen LogP contribution >= 0.6 is 11.8 Å². The third kappa shape index (κ3) is 6.57. The normalized spacial score (nSPS) is 12.9. The van der Waals surface area contributed by atoms with Gasteiger partial charge in [0.15, 0.2) is 0 Å². The fraction of sp³-hybridized carbons (Fsp3) is 0.273. The molecular formula is C22H20F3N3O4S. The monoisotopic (exact) mass is 479 g/mol. The Labute approximate surface area is 192 Å². The lowest BCUT2D eigenvalue weighted by Crippen LogP contribution is -2.42. The lowest BCUT2D eigenvalue weighted by molar-refractivity contribution is -0.138. The number of anilines is 2. The first-order valence-corrected chi connectivity index (χ1v) is 10.4. The van der Waals surface area contributed by atoms with Crippen LogP contribution in [0.3, 0.4) is 0 Å².